The van der Waals surface area contributed by atoms with Crippen LogP contribution in [0.3, 0.4) is 0 Å². The molecule has 0 bridgehead atoms. The Morgan fingerprint density at radius 2 is 2.04 bits per heavy atom. The van der Waals surface area contributed by atoms with Crippen molar-refractivity contribution in [2.24, 2.45) is 11.1 Å². The molecule has 1 aromatic heterocycles. The van der Waals surface area contributed by atoms with Crippen molar-refractivity contribution in [2.75, 3.05) is 24.5 Å². The lowest BCUT2D eigenvalue weighted by Gasteiger charge is -2.42. The Bertz CT molecular complexity index is 655. The number of carbonyl (C=O) groups is 2. The number of nitrogens with zero attached hydrogens (tertiary/aromatic N) is 3. The van der Waals surface area contributed by atoms with Crippen LogP contribution in [0.1, 0.15) is 55.4 Å². The molecule has 0 aromatic carbocycles. The predicted molar refractivity (Wildman–Crippen MR) is 93.1 cm³/mol. The standard InChI is InChI=1S/C17H24N4O2S/c18-14(22)13-10-24-16(19-13)20-9-7-17(11-20)6-3-8-21(15(17)23)12-4-1-2-5-12/h10,12H,1-9,11H2,(H2,18,22)/t17-/m0/s1. The van der Waals surface area contributed by atoms with Crippen LogP contribution in [0.4, 0.5) is 5.13 Å². The molecule has 130 valence electrons. The maximum atomic E-state index is 13.2. The molecule has 0 unspecified atom stereocenters. The first-order valence-corrected chi connectivity index (χ1v) is 9.78. The third-order valence-electron chi connectivity index (χ3n) is 5.90. The molecule has 2 saturated heterocycles. The fourth-order valence-corrected chi connectivity index (χ4v) is 5.44. The normalized spacial score (nSPS) is 28.2. The van der Waals surface area contributed by atoms with Gasteiger partial charge in [0, 0.05) is 31.1 Å². The lowest BCUT2D eigenvalue weighted by atomic mass is 9.77. The molecule has 1 spiro atoms. The van der Waals surface area contributed by atoms with E-state index in [4.69, 9.17) is 5.73 Å². The molecule has 3 fully saturated rings. The van der Waals surface area contributed by atoms with Crippen LogP contribution in [-0.4, -0.2) is 47.4 Å². The Kier molecular flexibility index (Phi) is 3.98. The number of piperidine rings is 1. The lowest BCUT2D eigenvalue weighted by molar-refractivity contribution is -0.147. The molecule has 7 heteroatoms. The largest absolute Gasteiger partial charge is 0.364 e. The molecule has 1 atom stereocenters. The van der Waals surface area contributed by atoms with Crippen LogP contribution in [-0.2, 0) is 4.79 Å². The van der Waals surface area contributed by atoms with Gasteiger partial charge in [-0.2, -0.15) is 0 Å². The topological polar surface area (TPSA) is 79.5 Å². The Balaban J connectivity index is 1.51. The zero-order valence-electron chi connectivity index (χ0n) is 13.9. The van der Waals surface area contributed by atoms with Gasteiger partial charge in [0.25, 0.3) is 5.91 Å². The fourth-order valence-electron chi connectivity index (χ4n) is 4.60. The molecule has 0 radical (unpaired) electrons. The van der Waals surface area contributed by atoms with Crippen molar-refractivity contribution in [2.45, 2.75) is 51.0 Å². The molecule has 6 nitrogen and oxygen atoms in total. The Hall–Kier alpha value is -1.63. The number of hydrogen-bond acceptors (Lipinski definition) is 5. The minimum atomic E-state index is -0.493. The summed E-state index contributed by atoms with van der Waals surface area (Å²) in [7, 11) is 0. The zero-order valence-corrected chi connectivity index (χ0v) is 14.7. The number of thiazole rings is 1. The highest BCUT2D eigenvalue weighted by Crippen LogP contribution is 2.43. The van der Waals surface area contributed by atoms with Gasteiger partial charge >= 0.3 is 0 Å². The number of hydrogen-bond donors (Lipinski definition) is 1. The van der Waals surface area contributed by atoms with Crippen molar-refractivity contribution in [1.82, 2.24) is 9.88 Å². The quantitative estimate of drug-likeness (QED) is 0.906. The van der Waals surface area contributed by atoms with E-state index in [2.05, 4.69) is 14.8 Å². The molecular weight excluding hydrogens is 324 g/mol. The third-order valence-corrected chi connectivity index (χ3v) is 6.80. The number of rotatable bonds is 3. The van der Waals surface area contributed by atoms with Gasteiger partial charge in [-0.15, -0.1) is 11.3 Å². The summed E-state index contributed by atoms with van der Waals surface area (Å²) in [5.41, 5.74) is 5.37. The Morgan fingerprint density at radius 1 is 1.25 bits per heavy atom. The van der Waals surface area contributed by atoms with Gasteiger partial charge in [0.2, 0.25) is 5.91 Å². The Labute approximate surface area is 146 Å². The summed E-state index contributed by atoms with van der Waals surface area (Å²) in [6, 6.07) is 0.463. The maximum absolute atomic E-state index is 13.2. The van der Waals surface area contributed by atoms with Crippen LogP contribution >= 0.6 is 11.3 Å². The lowest BCUT2D eigenvalue weighted by Crippen LogP contribution is -2.53. The average Bonchev–Trinajstić information content (AvgIpc) is 3.30. The first-order valence-electron chi connectivity index (χ1n) is 8.90. The summed E-state index contributed by atoms with van der Waals surface area (Å²) in [5, 5.41) is 2.52. The second-order valence-electron chi connectivity index (χ2n) is 7.37. The second-order valence-corrected chi connectivity index (χ2v) is 8.21. The minimum Gasteiger partial charge on any atom is -0.364 e. The zero-order chi connectivity index (χ0) is 16.7. The summed E-state index contributed by atoms with van der Waals surface area (Å²) in [6.45, 7) is 2.48. The molecule has 1 aliphatic carbocycles. The van der Waals surface area contributed by atoms with Gasteiger partial charge in [-0.05, 0) is 32.1 Å². The van der Waals surface area contributed by atoms with E-state index in [0.29, 0.717) is 17.6 Å². The van der Waals surface area contributed by atoms with Crippen LogP contribution < -0.4 is 10.6 Å². The SMILES string of the molecule is NC(=O)c1csc(N2CC[C@@]3(CCCN(C4CCCC4)C3=O)C2)n1. The average molecular weight is 348 g/mol. The van der Waals surface area contributed by atoms with Crippen molar-refractivity contribution in [1.29, 1.82) is 0 Å². The van der Waals surface area contributed by atoms with Crippen molar-refractivity contribution in [3.05, 3.63) is 11.1 Å². The molecule has 2 amide bonds. The molecule has 3 aliphatic rings. The van der Waals surface area contributed by atoms with Crippen molar-refractivity contribution in [3.63, 3.8) is 0 Å². The highest BCUT2D eigenvalue weighted by atomic mass is 32.1. The van der Waals surface area contributed by atoms with E-state index in [1.54, 1.807) is 5.38 Å². The second kappa shape index (κ2) is 6.02. The van der Waals surface area contributed by atoms with E-state index in [0.717, 1.165) is 44.0 Å². The smallest absolute Gasteiger partial charge is 0.268 e. The minimum absolute atomic E-state index is 0.251. The van der Waals surface area contributed by atoms with Gasteiger partial charge in [0.1, 0.15) is 5.69 Å². The molecule has 2 N–H and O–H groups in total. The highest BCUT2D eigenvalue weighted by molar-refractivity contribution is 7.13. The summed E-state index contributed by atoms with van der Waals surface area (Å²) in [6.07, 6.45) is 7.80. The number of likely N-dealkylation sites (tertiary alicyclic amines) is 1. The van der Waals surface area contributed by atoms with Gasteiger partial charge < -0.3 is 15.5 Å². The van der Waals surface area contributed by atoms with E-state index in [9.17, 15) is 9.59 Å². The van der Waals surface area contributed by atoms with E-state index < -0.39 is 5.91 Å². The van der Waals surface area contributed by atoms with Gasteiger partial charge in [0.05, 0.1) is 5.41 Å². The summed E-state index contributed by atoms with van der Waals surface area (Å²) >= 11 is 1.44. The van der Waals surface area contributed by atoms with Gasteiger partial charge in [-0.25, -0.2) is 4.98 Å². The number of nitrogens with two attached hydrogens (primary N) is 1. The van der Waals surface area contributed by atoms with Crippen molar-refractivity contribution < 1.29 is 9.59 Å². The molecule has 2 aliphatic heterocycles. The number of aromatic nitrogens is 1. The monoisotopic (exact) mass is 348 g/mol. The van der Waals surface area contributed by atoms with Crippen molar-refractivity contribution in [3.8, 4) is 0 Å². The molecule has 1 aromatic rings. The fraction of sp³-hybridized carbons (Fsp3) is 0.706. The number of carbonyl (C=O) groups excluding carboxylic acids is 2. The van der Waals surface area contributed by atoms with Crippen LogP contribution in [0.5, 0.6) is 0 Å². The first-order chi connectivity index (χ1) is 11.6. The van der Waals surface area contributed by atoms with Gasteiger partial charge in [-0.1, -0.05) is 12.8 Å². The van der Waals surface area contributed by atoms with Gasteiger partial charge in [0.15, 0.2) is 5.13 Å². The predicted octanol–water partition coefficient (Wildman–Crippen LogP) is 2.00. The van der Waals surface area contributed by atoms with E-state index in [1.165, 1.54) is 37.0 Å². The van der Waals surface area contributed by atoms with E-state index in [-0.39, 0.29) is 5.41 Å². The molecular formula is C17H24N4O2S. The van der Waals surface area contributed by atoms with Crippen molar-refractivity contribution >= 4 is 28.3 Å². The molecule has 24 heavy (non-hydrogen) atoms. The Morgan fingerprint density at radius 3 is 2.75 bits per heavy atom. The van der Waals surface area contributed by atoms with Crippen LogP contribution in [0.25, 0.3) is 0 Å². The van der Waals surface area contributed by atoms with E-state index in [1.807, 2.05) is 0 Å². The van der Waals surface area contributed by atoms with Crippen LogP contribution in [0.2, 0.25) is 0 Å². The molecule has 4 rings (SSSR count). The summed E-state index contributed by atoms with van der Waals surface area (Å²) < 4.78 is 0. The maximum Gasteiger partial charge on any atom is 0.268 e. The van der Waals surface area contributed by atoms with Crippen LogP contribution in [0.15, 0.2) is 5.38 Å². The van der Waals surface area contributed by atoms with Crippen LogP contribution in [0, 0.1) is 5.41 Å². The van der Waals surface area contributed by atoms with E-state index >= 15 is 0 Å². The first kappa shape index (κ1) is 15.9. The summed E-state index contributed by atoms with van der Waals surface area (Å²) in [5.74, 6) is -0.137. The van der Waals surface area contributed by atoms with Gasteiger partial charge in [-0.3, -0.25) is 9.59 Å². The summed E-state index contributed by atoms with van der Waals surface area (Å²) in [4.78, 5) is 33.2. The number of anilines is 1. The number of primary amides is 1. The molecule has 1 saturated carbocycles. The highest BCUT2D eigenvalue weighted by Gasteiger charge is 2.50. The number of amides is 2. The third kappa shape index (κ3) is 2.59. The molecule has 3 heterocycles.